The van der Waals surface area contributed by atoms with Gasteiger partial charge in [0, 0.05) is 23.1 Å². The third kappa shape index (κ3) is 4.69. The Hall–Kier alpha value is -3.55. The molecule has 3 aromatic rings. The molecule has 7 nitrogen and oxygen atoms in total. The first kappa shape index (κ1) is 23.1. The number of carbonyl (C=O) groups excluding carboxylic acids is 3. The van der Waals surface area contributed by atoms with E-state index in [-0.39, 0.29) is 18.2 Å². The number of aliphatic carboxylic acids is 1. The van der Waals surface area contributed by atoms with E-state index in [1.165, 1.54) is 0 Å². The zero-order valence-electron chi connectivity index (χ0n) is 17.9. The van der Waals surface area contributed by atoms with Gasteiger partial charge in [0.15, 0.2) is 5.78 Å². The van der Waals surface area contributed by atoms with Crippen molar-refractivity contribution in [2.45, 2.75) is 32.7 Å². The molecule has 3 rings (SSSR count). The fourth-order valence-corrected chi connectivity index (χ4v) is 3.89. The lowest BCUT2D eigenvalue weighted by Gasteiger charge is -2.23. The fourth-order valence-electron chi connectivity index (χ4n) is 3.89. The van der Waals surface area contributed by atoms with Gasteiger partial charge in [0.25, 0.3) is 0 Å². The van der Waals surface area contributed by atoms with Crippen LogP contribution >= 0.6 is 0 Å². The van der Waals surface area contributed by atoms with E-state index in [9.17, 15) is 23.6 Å². The maximum atomic E-state index is 13.4. The molecule has 2 atom stereocenters. The van der Waals surface area contributed by atoms with Gasteiger partial charge in [-0.3, -0.25) is 23.7 Å². The molecule has 0 aliphatic heterocycles. The molecule has 8 heteroatoms. The summed E-state index contributed by atoms with van der Waals surface area (Å²) in [5, 5.41) is 13.1. The Morgan fingerprint density at radius 3 is 1.94 bits per heavy atom. The molecular weight excluding hydrogens is 415 g/mol. The van der Waals surface area contributed by atoms with Crippen LogP contribution in [0.4, 0.5) is 4.39 Å². The van der Waals surface area contributed by atoms with Gasteiger partial charge in [-0.1, -0.05) is 50.2 Å². The van der Waals surface area contributed by atoms with Crippen LogP contribution in [0.1, 0.15) is 31.5 Å². The second-order valence-electron chi connectivity index (χ2n) is 8.08. The van der Waals surface area contributed by atoms with Gasteiger partial charge in [0.1, 0.15) is 12.7 Å². The van der Waals surface area contributed by atoms with Crippen molar-refractivity contribution in [2.24, 2.45) is 11.8 Å². The molecule has 2 N–H and O–H groups in total. The van der Waals surface area contributed by atoms with E-state index in [2.05, 4.69) is 5.32 Å². The molecule has 1 amide bonds. The number of halogens is 1. The quantitative estimate of drug-likeness (QED) is 0.529. The van der Waals surface area contributed by atoms with E-state index in [0.717, 1.165) is 21.8 Å². The predicted octanol–water partition coefficient (Wildman–Crippen LogP) is 3.60. The van der Waals surface area contributed by atoms with Crippen molar-refractivity contribution < 1.29 is 28.7 Å². The van der Waals surface area contributed by atoms with Crippen molar-refractivity contribution >= 4 is 45.4 Å². The highest BCUT2D eigenvalue weighted by Gasteiger charge is 2.31. The topological polar surface area (TPSA) is 105 Å². The number of alkyl halides is 1. The maximum Gasteiger partial charge on any atom is 0.305 e. The second kappa shape index (κ2) is 9.72. The van der Waals surface area contributed by atoms with Crippen LogP contribution in [0.15, 0.2) is 48.5 Å². The van der Waals surface area contributed by atoms with Crippen LogP contribution in [-0.2, 0) is 14.4 Å². The molecule has 0 saturated carbocycles. The minimum Gasteiger partial charge on any atom is -0.481 e. The highest BCUT2D eigenvalue weighted by atomic mass is 19.1. The van der Waals surface area contributed by atoms with Gasteiger partial charge >= 0.3 is 5.97 Å². The predicted molar refractivity (Wildman–Crippen MR) is 118 cm³/mol. The molecule has 0 bridgehead atoms. The van der Waals surface area contributed by atoms with Crippen LogP contribution in [0.5, 0.6) is 0 Å². The van der Waals surface area contributed by atoms with E-state index in [1.54, 1.807) is 18.4 Å². The van der Waals surface area contributed by atoms with Crippen LogP contribution < -0.4 is 5.32 Å². The van der Waals surface area contributed by atoms with E-state index in [4.69, 9.17) is 5.11 Å². The van der Waals surface area contributed by atoms with Crippen LogP contribution in [0, 0.1) is 11.8 Å². The molecule has 1 heterocycles. The Kier molecular flexibility index (Phi) is 7.02. The van der Waals surface area contributed by atoms with E-state index in [1.807, 2.05) is 48.5 Å². The first-order valence-corrected chi connectivity index (χ1v) is 10.4. The summed E-state index contributed by atoms with van der Waals surface area (Å²) in [6, 6.07) is 13.5. The number of fused-ring (bicyclic) bond motifs is 3. The minimum atomic E-state index is -1.48. The fraction of sp³-hybridized carbons (Fsp3) is 0.333. The van der Waals surface area contributed by atoms with Crippen molar-refractivity contribution in [3.05, 3.63) is 48.5 Å². The van der Waals surface area contributed by atoms with Crippen molar-refractivity contribution in [1.29, 1.82) is 0 Å². The summed E-state index contributed by atoms with van der Waals surface area (Å²) in [6.07, 6.45) is -0.879. The number of ketones is 1. The molecular formula is C24H25FN2O5. The van der Waals surface area contributed by atoms with Gasteiger partial charge in [-0.25, -0.2) is 4.39 Å². The molecule has 0 fully saturated rings. The van der Waals surface area contributed by atoms with Crippen LogP contribution in [-0.4, -0.2) is 46.0 Å². The van der Waals surface area contributed by atoms with Gasteiger partial charge in [0.05, 0.1) is 17.5 Å². The summed E-state index contributed by atoms with van der Waals surface area (Å²) in [5.41, 5.74) is 1.44. The number of nitrogens with one attached hydrogen (secondary N) is 1. The Labute approximate surface area is 184 Å². The van der Waals surface area contributed by atoms with Crippen LogP contribution in [0.25, 0.3) is 21.8 Å². The number of Topliss-reactive ketones (excluding diaryl/α,β-unsaturated/α-hetero) is 1. The lowest BCUT2D eigenvalue weighted by molar-refractivity contribution is -0.140. The van der Waals surface area contributed by atoms with E-state index < -0.39 is 42.7 Å². The first-order valence-electron chi connectivity index (χ1n) is 10.4. The van der Waals surface area contributed by atoms with Gasteiger partial charge in [0.2, 0.25) is 11.8 Å². The third-order valence-electron chi connectivity index (χ3n) is 5.58. The minimum absolute atomic E-state index is 0.157. The Morgan fingerprint density at radius 2 is 1.47 bits per heavy atom. The Bertz CT molecular complexity index is 1130. The molecule has 0 aliphatic carbocycles. The third-order valence-corrected chi connectivity index (χ3v) is 5.58. The molecule has 2 unspecified atom stereocenters. The van der Waals surface area contributed by atoms with Crippen molar-refractivity contribution in [1.82, 2.24) is 9.88 Å². The molecule has 32 heavy (non-hydrogen) atoms. The number of hydrogen-bond acceptors (Lipinski definition) is 4. The highest BCUT2D eigenvalue weighted by molar-refractivity contribution is 6.13. The van der Waals surface area contributed by atoms with E-state index in [0.29, 0.717) is 0 Å². The standard InChI is InChI=1S/C24H25FN2O5/c1-14(2)17(24(32)26-18(12-23(30)31)21(28)13-25)11-22(29)27-19-9-5-3-7-15(19)16-8-4-6-10-20(16)27/h3-10,14,17-18H,11-13H2,1-2H3,(H,26,32)(H,30,31). The summed E-state index contributed by atoms with van der Waals surface area (Å²) in [4.78, 5) is 49.0. The average Bonchev–Trinajstić information content (AvgIpc) is 3.10. The van der Waals surface area contributed by atoms with E-state index >= 15 is 0 Å². The zero-order valence-corrected chi connectivity index (χ0v) is 17.9. The van der Waals surface area contributed by atoms with Crippen LogP contribution in [0.2, 0.25) is 0 Å². The van der Waals surface area contributed by atoms with Gasteiger partial charge in [-0.05, 0) is 18.1 Å². The normalized spacial score (nSPS) is 13.2. The molecule has 0 radical (unpaired) electrons. The molecule has 0 saturated heterocycles. The Balaban J connectivity index is 1.91. The number of carboxylic acid groups (broad SMARTS) is 1. The average molecular weight is 440 g/mol. The SMILES string of the molecule is CC(C)C(CC(=O)n1c2ccccc2c2ccccc21)C(=O)NC(CC(=O)O)C(=O)CF. The number of benzene rings is 2. The summed E-state index contributed by atoms with van der Waals surface area (Å²) >= 11 is 0. The van der Waals surface area contributed by atoms with Crippen molar-refractivity contribution in [3.8, 4) is 0 Å². The van der Waals surface area contributed by atoms with Crippen molar-refractivity contribution in [3.63, 3.8) is 0 Å². The largest absolute Gasteiger partial charge is 0.481 e. The summed E-state index contributed by atoms with van der Waals surface area (Å²) in [6.45, 7) is 2.13. The Morgan fingerprint density at radius 1 is 0.938 bits per heavy atom. The maximum absolute atomic E-state index is 13.4. The number of carbonyl (C=O) groups is 4. The zero-order chi connectivity index (χ0) is 23.4. The molecule has 0 spiro atoms. The number of para-hydroxylation sites is 2. The number of nitrogens with zero attached hydrogens (tertiary/aromatic N) is 1. The second-order valence-corrected chi connectivity index (χ2v) is 8.08. The molecule has 0 aliphatic rings. The number of aromatic nitrogens is 1. The summed E-state index contributed by atoms with van der Waals surface area (Å²) < 4.78 is 14.4. The molecule has 1 aromatic heterocycles. The lowest BCUT2D eigenvalue weighted by Crippen LogP contribution is -2.47. The molecule has 2 aromatic carbocycles. The number of hydrogen-bond donors (Lipinski definition) is 2. The highest BCUT2D eigenvalue weighted by Crippen LogP contribution is 2.30. The monoisotopic (exact) mass is 440 g/mol. The number of carboxylic acids is 1. The van der Waals surface area contributed by atoms with Gasteiger partial charge in [-0.2, -0.15) is 0 Å². The molecule has 168 valence electrons. The van der Waals surface area contributed by atoms with Gasteiger partial charge < -0.3 is 10.4 Å². The smallest absolute Gasteiger partial charge is 0.305 e. The lowest BCUT2D eigenvalue weighted by atomic mass is 9.90. The van der Waals surface area contributed by atoms with Crippen molar-refractivity contribution in [2.75, 3.05) is 6.67 Å². The first-order chi connectivity index (χ1) is 15.2. The number of amides is 1. The number of rotatable bonds is 9. The summed E-state index contributed by atoms with van der Waals surface area (Å²) in [7, 11) is 0. The summed E-state index contributed by atoms with van der Waals surface area (Å²) in [5.74, 6) is -4.41. The van der Waals surface area contributed by atoms with Gasteiger partial charge in [-0.15, -0.1) is 0 Å². The van der Waals surface area contributed by atoms with Crippen LogP contribution in [0.3, 0.4) is 0 Å².